The molecule has 1 heterocycles. The molecule has 0 atom stereocenters. The van der Waals surface area contributed by atoms with Gasteiger partial charge >= 0.3 is 0 Å². The fourth-order valence-electron chi connectivity index (χ4n) is 3.13. The zero-order valence-electron chi connectivity index (χ0n) is 16.9. The molecule has 0 bridgehead atoms. The Kier molecular flexibility index (Phi) is 6.47. The molecule has 3 rings (SSSR count). The van der Waals surface area contributed by atoms with Gasteiger partial charge in [0.2, 0.25) is 11.8 Å². The molecular weight excluding hydrogens is 410 g/mol. The quantitative estimate of drug-likeness (QED) is 0.701. The van der Waals surface area contributed by atoms with Gasteiger partial charge in [-0.15, -0.1) is 0 Å². The van der Waals surface area contributed by atoms with Crippen LogP contribution in [0.1, 0.15) is 10.4 Å². The Hall–Kier alpha value is -3.26. The molecule has 2 aromatic carbocycles. The molecule has 0 radical (unpaired) electrons. The van der Waals surface area contributed by atoms with Crippen molar-refractivity contribution in [3.63, 3.8) is 0 Å². The summed E-state index contributed by atoms with van der Waals surface area (Å²) in [6.07, 6.45) is 0. The number of carbonyl (C=O) groups is 3. The molecule has 2 aromatic rings. The van der Waals surface area contributed by atoms with E-state index in [4.69, 9.17) is 21.1 Å². The molecule has 0 saturated carbocycles. The monoisotopic (exact) mass is 431 g/mol. The lowest BCUT2D eigenvalue weighted by atomic mass is 10.1. The minimum absolute atomic E-state index is 0.0418. The van der Waals surface area contributed by atoms with Crippen molar-refractivity contribution in [3.8, 4) is 11.5 Å². The number of nitrogens with zero attached hydrogens (tertiary/aromatic N) is 3. The summed E-state index contributed by atoms with van der Waals surface area (Å²) in [5.41, 5.74) is 1.03. The van der Waals surface area contributed by atoms with Crippen LogP contribution in [0.3, 0.4) is 0 Å². The Morgan fingerprint density at radius 3 is 2.37 bits per heavy atom. The maximum Gasteiger partial charge on any atom is 0.254 e. The number of benzene rings is 2. The molecular formula is C21H22ClN3O5. The van der Waals surface area contributed by atoms with Gasteiger partial charge in [-0.25, -0.2) is 0 Å². The van der Waals surface area contributed by atoms with Crippen molar-refractivity contribution in [2.24, 2.45) is 0 Å². The standard InChI is InChI=1S/C21H22ClN3O5/c1-23(21(28)14-4-9-17(29-2)18(10-14)30-3)11-19(26)24-12-20(27)25(13-24)16-7-5-15(22)6-8-16/h4-10H,11-13H2,1-3H3. The molecule has 8 nitrogen and oxygen atoms in total. The van der Waals surface area contributed by atoms with Gasteiger partial charge in [-0.1, -0.05) is 11.6 Å². The van der Waals surface area contributed by atoms with Crippen molar-refractivity contribution in [3.05, 3.63) is 53.1 Å². The lowest BCUT2D eigenvalue weighted by Gasteiger charge is -2.22. The van der Waals surface area contributed by atoms with E-state index in [1.54, 1.807) is 42.5 Å². The number of carbonyl (C=O) groups excluding carboxylic acids is 3. The molecule has 9 heteroatoms. The number of rotatable bonds is 6. The summed E-state index contributed by atoms with van der Waals surface area (Å²) < 4.78 is 10.4. The highest BCUT2D eigenvalue weighted by Gasteiger charge is 2.32. The van der Waals surface area contributed by atoms with Crippen LogP contribution < -0.4 is 14.4 Å². The Labute approximate surface area is 179 Å². The number of halogens is 1. The molecule has 1 aliphatic heterocycles. The fraction of sp³-hybridized carbons (Fsp3) is 0.286. The zero-order chi connectivity index (χ0) is 21.8. The van der Waals surface area contributed by atoms with E-state index in [0.29, 0.717) is 27.8 Å². The summed E-state index contributed by atoms with van der Waals surface area (Å²) in [7, 11) is 4.52. The summed E-state index contributed by atoms with van der Waals surface area (Å²) in [5, 5.41) is 0.564. The van der Waals surface area contributed by atoms with E-state index in [-0.39, 0.29) is 37.5 Å². The normalized spacial score (nSPS) is 13.4. The molecule has 0 unspecified atom stereocenters. The number of methoxy groups -OCH3 is 2. The van der Waals surface area contributed by atoms with E-state index in [1.807, 2.05) is 0 Å². The molecule has 0 aliphatic carbocycles. The van der Waals surface area contributed by atoms with Crippen LogP contribution in [0.4, 0.5) is 5.69 Å². The van der Waals surface area contributed by atoms with Crippen LogP contribution in [-0.4, -0.2) is 68.5 Å². The molecule has 158 valence electrons. The van der Waals surface area contributed by atoms with E-state index in [2.05, 4.69) is 0 Å². The van der Waals surface area contributed by atoms with Crippen LogP contribution in [0.15, 0.2) is 42.5 Å². The Bertz CT molecular complexity index is 964. The molecule has 0 spiro atoms. The van der Waals surface area contributed by atoms with Crippen LogP contribution in [0, 0.1) is 0 Å². The third kappa shape index (κ3) is 4.49. The maximum atomic E-state index is 12.7. The van der Waals surface area contributed by atoms with Crippen molar-refractivity contribution in [2.75, 3.05) is 45.9 Å². The third-order valence-electron chi connectivity index (χ3n) is 4.78. The molecule has 3 amide bonds. The summed E-state index contributed by atoms with van der Waals surface area (Å²) in [4.78, 5) is 42.0. The highest BCUT2D eigenvalue weighted by molar-refractivity contribution is 6.30. The predicted molar refractivity (Wildman–Crippen MR) is 112 cm³/mol. The fourth-order valence-corrected chi connectivity index (χ4v) is 3.25. The zero-order valence-corrected chi connectivity index (χ0v) is 17.7. The number of anilines is 1. The average molecular weight is 432 g/mol. The maximum absolute atomic E-state index is 12.7. The van der Waals surface area contributed by atoms with E-state index < -0.39 is 0 Å². The Balaban J connectivity index is 1.65. The van der Waals surface area contributed by atoms with Gasteiger partial charge in [0.15, 0.2) is 11.5 Å². The summed E-state index contributed by atoms with van der Waals surface area (Å²) in [5.74, 6) is 0.0672. The van der Waals surface area contributed by atoms with E-state index in [0.717, 1.165) is 0 Å². The van der Waals surface area contributed by atoms with Gasteiger partial charge in [-0.3, -0.25) is 19.3 Å². The first-order chi connectivity index (χ1) is 14.3. The van der Waals surface area contributed by atoms with Crippen molar-refractivity contribution < 1.29 is 23.9 Å². The van der Waals surface area contributed by atoms with E-state index in [9.17, 15) is 14.4 Å². The molecule has 0 N–H and O–H groups in total. The van der Waals surface area contributed by atoms with Gasteiger partial charge in [0.05, 0.1) is 20.8 Å². The number of amides is 3. The second kappa shape index (κ2) is 9.04. The number of hydrogen-bond donors (Lipinski definition) is 0. The average Bonchev–Trinajstić information content (AvgIpc) is 3.14. The van der Waals surface area contributed by atoms with Gasteiger partial charge in [0.1, 0.15) is 13.2 Å². The van der Waals surface area contributed by atoms with Gasteiger partial charge in [-0.05, 0) is 42.5 Å². The molecule has 30 heavy (non-hydrogen) atoms. The van der Waals surface area contributed by atoms with Crippen LogP contribution in [0.2, 0.25) is 5.02 Å². The summed E-state index contributed by atoms with van der Waals surface area (Å²) in [6, 6.07) is 11.6. The Morgan fingerprint density at radius 2 is 1.73 bits per heavy atom. The van der Waals surface area contributed by atoms with Gasteiger partial charge in [-0.2, -0.15) is 0 Å². The highest BCUT2D eigenvalue weighted by atomic mass is 35.5. The van der Waals surface area contributed by atoms with E-state index in [1.165, 1.54) is 36.0 Å². The van der Waals surface area contributed by atoms with Crippen LogP contribution in [-0.2, 0) is 9.59 Å². The first-order valence-electron chi connectivity index (χ1n) is 9.15. The second-order valence-corrected chi connectivity index (χ2v) is 7.20. The Morgan fingerprint density at radius 1 is 1.07 bits per heavy atom. The SMILES string of the molecule is COc1ccc(C(=O)N(C)CC(=O)N2CC(=O)N(c3ccc(Cl)cc3)C2)cc1OC. The topological polar surface area (TPSA) is 79.4 Å². The first kappa shape index (κ1) is 21.4. The number of ether oxygens (including phenoxy) is 2. The van der Waals surface area contributed by atoms with E-state index >= 15 is 0 Å². The van der Waals surface area contributed by atoms with Crippen LogP contribution in [0.25, 0.3) is 0 Å². The van der Waals surface area contributed by atoms with Crippen molar-refractivity contribution in [2.45, 2.75) is 0 Å². The smallest absolute Gasteiger partial charge is 0.254 e. The summed E-state index contributed by atoms with van der Waals surface area (Å²) >= 11 is 5.89. The molecule has 1 fully saturated rings. The lowest BCUT2D eigenvalue weighted by Crippen LogP contribution is -2.41. The van der Waals surface area contributed by atoms with Gasteiger partial charge < -0.3 is 19.3 Å². The van der Waals surface area contributed by atoms with Crippen molar-refractivity contribution >= 4 is 35.0 Å². The number of hydrogen-bond acceptors (Lipinski definition) is 5. The third-order valence-corrected chi connectivity index (χ3v) is 5.03. The number of likely N-dealkylation sites (N-methyl/N-ethyl adjacent to an activating group) is 1. The predicted octanol–water partition coefficient (Wildman–Crippen LogP) is 2.26. The van der Waals surface area contributed by atoms with Gasteiger partial charge in [0.25, 0.3) is 5.91 Å². The van der Waals surface area contributed by atoms with Crippen molar-refractivity contribution in [1.29, 1.82) is 0 Å². The minimum atomic E-state index is -0.343. The van der Waals surface area contributed by atoms with Gasteiger partial charge in [0, 0.05) is 23.3 Å². The second-order valence-electron chi connectivity index (χ2n) is 6.76. The first-order valence-corrected chi connectivity index (χ1v) is 9.53. The molecule has 1 saturated heterocycles. The molecule has 0 aromatic heterocycles. The van der Waals surface area contributed by atoms with Crippen LogP contribution >= 0.6 is 11.6 Å². The largest absolute Gasteiger partial charge is 0.493 e. The molecule has 1 aliphatic rings. The lowest BCUT2D eigenvalue weighted by molar-refractivity contribution is -0.132. The summed E-state index contributed by atoms with van der Waals surface area (Å²) in [6.45, 7) is -0.0769. The minimum Gasteiger partial charge on any atom is -0.493 e. The highest BCUT2D eigenvalue weighted by Crippen LogP contribution is 2.28. The van der Waals surface area contributed by atoms with Crippen LogP contribution in [0.5, 0.6) is 11.5 Å². The van der Waals surface area contributed by atoms with Crippen molar-refractivity contribution in [1.82, 2.24) is 9.80 Å².